The number of rotatable bonds is 3. The van der Waals surface area contributed by atoms with E-state index in [0.717, 1.165) is 45.1 Å². The molecule has 1 aliphatic rings. The van der Waals surface area contributed by atoms with E-state index in [1.54, 1.807) is 0 Å². The maximum Gasteiger partial charge on any atom is 0.114 e. The van der Waals surface area contributed by atoms with Crippen LogP contribution in [0.4, 0.5) is 0 Å². The molecule has 0 radical (unpaired) electrons. The molecule has 1 aliphatic heterocycles. The normalized spacial score (nSPS) is 17.4. The molecule has 2 aromatic heterocycles. The van der Waals surface area contributed by atoms with E-state index >= 15 is 0 Å². The summed E-state index contributed by atoms with van der Waals surface area (Å²) in [5, 5.41) is 0. The molecule has 96 valence electrons. The van der Waals surface area contributed by atoms with Gasteiger partial charge in [-0.25, -0.2) is 4.98 Å². The highest BCUT2D eigenvalue weighted by Gasteiger charge is 2.11. The first-order valence-electron chi connectivity index (χ1n) is 6.55. The van der Waals surface area contributed by atoms with Gasteiger partial charge in [-0.15, -0.1) is 0 Å². The van der Waals surface area contributed by atoms with E-state index in [4.69, 9.17) is 4.74 Å². The highest BCUT2D eigenvalue weighted by Crippen LogP contribution is 2.10. The van der Waals surface area contributed by atoms with Crippen molar-refractivity contribution >= 4 is 5.52 Å². The third kappa shape index (κ3) is 2.40. The highest BCUT2D eigenvalue weighted by molar-refractivity contribution is 5.46. The van der Waals surface area contributed by atoms with E-state index in [0.29, 0.717) is 0 Å². The third-order valence-electron chi connectivity index (χ3n) is 3.51. The summed E-state index contributed by atoms with van der Waals surface area (Å²) >= 11 is 0. The van der Waals surface area contributed by atoms with E-state index in [1.807, 2.05) is 6.20 Å². The quantitative estimate of drug-likeness (QED) is 0.821. The molecule has 18 heavy (non-hydrogen) atoms. The van der Waals surface area contributed by atoms with Crippen LogP contribution >= 0.6 is 0 Å². The zero-order chi connectivity index (χ0) is 12.4. The molecule has 4 nitrogen and oxygen atoms in total. The summed E-state index contributed by atoms with van der Waals surface area (Å²) in [4.78, 5) is 6.97. The van der Waals surface area contributed by atoms with Gasteiger partial charge in [0.05, 0.1) is 24.9 Å². The van der Waals surface area contributed by atoms with Crippen LogP contribution in [0, 0.1) is 6.92 Å². The number of fused-ring (bicyclic) bond motifs is 1. The fourth-order valence-corrected chi connectivity index (χ4v) is 2.42. The lowest BCUT2D eigenvalue weighted by Crippen LogP contribution is -2.37. The maximum atomic E-state index is 5.36. The Kier molecular flexibility index (Phi) is 3.30. The van der Waals surface area contributed by atoms with E-state index < -0.39 is 0 Å². The average molecular weight is 245 g/mol. The molecule has 0 aromatic carbocycles. The van der Waals surface area contributed by atoms with Crippen molar-refractivity contribution in [3.63, 3.8) is 0 Å². The lowest BCUT2D eigenvalue weighted by molar-refractivity contribution is 0.0382. The SMILES string of the molecule is Cc1ccc2cnc(CCN3CCOCC3)n2c1. The molecule has 0 amide bonds. The number of pyridine rings is 1. The number of aromatic nitrogens is 2. The van der Waals surface area contributed by atoms with Gasteiger partial charge >= 0.3 is 0 Å². The van der Waals surface area contributed by atoms with Crippen LogP contribution in [0.25, 0.3) is 5.52 Å². The first kappa shape index (κ1) is 11.7. The molecular formula is C14H19N3O. The number of hydrogen-bond acceptors (Lipinski definition) is 3. The van der Waals surface area contributed by atoms with Crippen molar-refractivity contribution in [1.82, 2.24) is 14.3 Å². The molecular weight excluding hydrogens is 226 g/mol. The number of ether oxygens (including phenoxy) is 1. The Balaban J connectivity index is 1.72. The number of morpholine rings is 1. The summed E-state index contributed by atoms with van der Waals surface area (Å²) in [5.74, 6) is 1.15. The van der Waals surface area contributed by atoms with Crippen LogP contribution in [0.5, 0.6) is 0 Å². The molecule has 0 N–H and O–H groups in total. The van der Waals surface area contributed by atoms with E-state index in [-0.39, 0.29) is 0 Å². The van der Waals surface area contributed by atoms with Gasteiger partial charge in [-0.1, -0.05) is 6.07 Å². The Morgan fingerprint density at radius 3 is 2.94 bits per heavy atom. The smallest absolute Gasteiger partial charge is 0.114 e. The molecule has 0 aliphatic carbocycles. The van der Waals surface area contributed by atoms with Crippen molar-refractivity contribution in [2.75, 3.05) is 32.8 Å². The summed E-state index contributed by atoms with van der Waals surface area (Å²) < 4.78 is 7.56. The Morgan fingerprint density at radius 1 is 1.28 bits per heavy atom. The molecule has 0 spiro atoms. The van der Waals surface area contributed by atoms with Crippen molar-refractivity contribution < 1.29 is 4.74 Å². The molecule has 4 heteroatoms. The van der Waals surface area contributed by atoms with Gasteiger partial charge in [0.2, 0.25) is 0 Å². The van der Waals surface area contributed by atoms with Crippen molar-refractivity contribution in [3.8, 4) is 0 Å². The van der Waals surface area contributed by atoms with E-state index in [9.17, 15) is 0 Å². The zero-order valence-corrected chi connectivity index (χ0v) is 10.8. The minimum Gasteiger partial charge on any atom is -0.379 e. The lowest BCUT2D eigenvalue weighted by Gasteiger charge is -2.26. The molecule has 0 bridgehead atoms. The Hall–Kier alpha value is -1.39. The van der Waals surface area contributed by atoms with E-state index in [1.165, 1.54) is 11.1 Å². The van der Waals surface area contributed by atoms with Crippen molar-refractivity contribution in [2.24, 2.45) is 0 Å². The van der Waals surface area contributed by atoms with Crippen LogP contribution in [0.15, 0.2) is 24.5 Å². The summed E-state index contributed by atoms with van der Waals surface area (Å²) in [6, 6.07) is 4.25. The molecule has 0 atom stereocenters. The molecule has 1 fully saturated rings. The average Bonchev–Trinajstić information content (AvgIpc) is 2.80. The fourth-order valence-electron chi connectivity index (χ4n) is 2.42. The van der Waals surface area contributed by atoms with Gasteiger partial charge in [0.15, 0.2) is 0 Å². The minimum atomic E-state index is 0.863. The van der Waals surface area contributed by atoms with Gasteiger partial charge in [-0.05, 0) is 18.6 Å². The predicted octanol–water partition coefficient (Wildman–Crippen LogP) is 1.52. The second-order valence-electron chi connectivity index (χ2n) is 4.88. The second-order valence-corrected chi connectivity index (χ2v) is 4.88. The Labute approximate surface area is 107 Å². The highest BCUT2D eigenvalue weighted by atomic mass is 16.5. The first-order chi connectivity index (χ1) is 8.83. The minimum absolute atomic E-state index is 0.863. The topological polar surface area (TPSA) is 29.8 Å². The number of hydrogen-bond donors (Lipinski definition) is 0. The standard InChI is InChI=1S/C14H19N3O/c1-12-2-3-13-10-15-14(17(13)11-12)4-5-16-6-8-18-9-7-16/h2-3,10-11H,4-9H2,1H3. The van der Waals surface area contributed by atoms with Gasteiger partial charge in [-0.2, -0.15) is 0 Å². The molecule has 2 aromatic rings. The van der Waals surface area contributed by atoms with Crippen LogP contribution in [-0.4, -0.2) is 47.1 Å². The number of aryl methyl sites for hydroxylation is 1. The van der Waals surface area contributed by atoms with Crippen molar-refractivity contribution in [3.05, 3.63) is 35.9 Å². The van der Waals surface area contributed by atoms with Gasteiger partial charge in [-0.3, -0.25) is 4.90 Å². The van der Waals surface area contributed by atoms with Crippen molar-refractivity contribution in [2.45, 2.75) is 13.3 Å². The summed E-state index contributed by atoms with van der Waals surface area (Å²) in [5.41, 5.74) is 2.45. The van der Waals surface area contributed by atoms with Gasteiger partial charge in [0.1, 0.15) is 5.82 Å². The van der Waals surface area contributed by atoms with Crippen LogP contribution in [0.2, 0.25) is 0 Å². The van der Waals surface area contributed by atoms with Crippen LogP contribution in [0.1, 0.15) is 11.4 Å². The molecule has 3 rings (SSSR count). The van der Waals surface area contributed by atoms with Gasteiger partial charge < -0.3 is 9.14 Å². The third-order valence-corrected chi connectivity index (χ3v) is 3.51. The Bertz CT molecular complexity index is 529. The molecule has 3 heterocycles. The van der Waals surface area contributed by atoms with Crippen molar-refractivity contribution in [1.29, 1.82) is 0 Å². The summed E-state index contributed by atoms with van der Waals surface area (Å²) in [6.45, 7) is 7.00. The molecule has 0 unspecified atom stereocenters. The molecule has 1 saturated heterocycles. The number of imidazole rings is 1. The predicted molar refractivity (Wildman–Crippen MR) is 70.9 cm³/mol. The van der Waals surface area contributed by atoms with Gasteiger partial charge in [0.25, 0.3) is 0 Å². The zero-order valence-electron chi connectivity index (χ0n) is 10.8. The first-order valence-corrected chi connectivity index (χ1v) is 6.55. The monoisotopic (exact) mass is 245 g/mol. The van der Waals surface area contributed by atoms with Gasteiger partial charge in [0, 0.05) is 32.3 Å². The number of nitrogens with zero attached hydrogens (tertiary/aromatic N) is 3. The maximum absolute atomic E-state index is 5.36. The summed E-state index contributed by atoms with van der Waals surface area (Å²) in [6.07, 6.45) is 5.11. The largest absolute Gasteiger partial charge is 0.379 e. The van der Waals surface area contributed by atoms with Crippen LogP contribution < -0.4 is 0 Å². The van der Waals surface area contributed by atoms with Crippen LogP contribution in [0.3, 0.4) is 0 Å². The van der Waals surface area contributed by atoms with E-state index in [2.05, 4.69) is 39.5 Å². The molecule has 0 saturated carbocycles. The second kappa shape index (κ2) is 5.08. The lowest BCUT2D eigenvalue weighted by atomic mass is 10.3. The van der Waals surface area contributed by atoms with Crippen LogP contribution in [-0.2, 0) is 11.2 Å². The Morgan fingerprint density at radius 2 is 2.11 bits per heavy atom. The fraction of sp³-hybridized carbons (Fsp3) is 0.500. The summed E-state index contributed by atoms with van der Waals surface area (Å²) in [7, 11) is 0.